The molecule has 2 rings (SSSR count). The number of nitrogens with zero attached hydrogens (tertiary/aromatic N) is 1. The smallest absolute Gasteiger partial charge is 0.137 e. The molecule has 0 spiro atoms. The molecule has 5 heteroatoms. The van der Waals surface area contributed by atoms with Crippen molar-refractivity contribution in [2.75, 3.05) is 33.5 Å². The summed E-state index contributed by atoms with van der Waals surface area (Å²) in [7, 11) is 1.70. The molecule has 1 aromatic rings. The molecule has 5 nitrogen and oxygen atoms in total. The van der Waals surface area contributed by atoms with Crippen LogP contribution < -0.4 is 10.1 Å². The van der Waals surface area contributed by atoms with Crippen molar-refractivity contribution in [1.82, 2.24) is 10.3 Å². The zero-order valence-corrected chi connectivity index (χ0v) is 12.1. The maximum Gasteiger partial charge on any atom is 0.137 e. The Hall–Kier alpha value is -1.17. The molecule has 1 fully saturated rings. The molecule has 1 atom stereocenters. The Balaban J connectivity index is 1.63. The first-order valence-corrected chi connectivity index (χ1v) is 7.27. The lowest BCUT2D eigenvalue weighted by Crippen LogP contribution is -2.19. The number of ether oxygens (including phenoxy) is 3. The second kappa shape index (κ2) is 8.89. The fourth-order valence-corrected chi connectivity index (χ4v) is 2.17. The van der Waals surface area contributed by atoms with E-state index in [1.54, 1.807) is 13.3 Å². The van der Waals surface area contributed by atoms with Crippen molar-refractivity contribution < 1.29 is 14.2 Å². The summed E-state index contributed by atoms with van der Waals surface area (Å²) in [4.78, 5) is 4.37. The van der Waals surface area contributed by atoms with E-state index < -0.39 is 0 Å². The van der Waals surface area contributed by atoms with Gasteiger partial charge < -0.3 is 19.5 Å². The average molecular weight is 280 g/mol. The Bertz CT molecular complexity index is 364. The fraction of sp³-hybridized carbons (Fsp3) is 0.667. The van der Waals surface area contributed by atoms with Gasteiger partial charge in [-0.3, -0.25) is 4.98 Å². The number of hydrogen-bond acceptors (Lipinski definition) is 5. The van der Waals surface area contributed by atoms with E-state index in [1.165, 1.54) is 6.42 Å². The van der Waals surface area contributed by atoms with E-state index in [2.05, 4.69) is 10.3 Å². The normalized spacial score (nSPS) is 18.4. The molecular formula is C15H24N2O3. The predicted octanol–water partition coefficient (Wildman–Crippen LogP) is 1.77. The molecule has 0 radical (unpaired) electrons. The molecule has 1 unspecified atom stereocenters. The highest BCUT2D eigenvalue weighted by molar-refractivity contribution is 5.19. The molecule has 1 saturated heterocycles. The molecule has 0 amide bonds. The van der Waals surface area contributed by atoms with E-state index in [1.807, 2.05) is 12.1 Å². The van der Waals surface area contributed by atoms with Crippen molar-refractivity contribution in [3.05, 3.63) is 24.0 Å². The fourth-order valence-electron chi connectivity index (χ4n) is 2.17. The third-order valence-corrected chi connectivity index (χ3v) is 3.32. The van der Waals surface area contributed by atoms with Crippen molar-refractivity contribution in [2.24, 2.45) is 0 Å². The van der Waals surface area contributed by atoms with Crippen molar-refractivity contribution in [1.29, 1.82) is 0 Å². The third-order valence-electron chi connectivity index (χ3n) is 3.32. The molecule has 1 aliphatic rings. The van der Waals surface area contributed by atoms with Crippen molar-refractivity contribution in [3.8, 4) is 5.75 Å². The maximum absolute atomic E-state index is 5.68. The highest BCUT2D eigenvalue weighted by atomic mass is 16.5. The summed E-state index contributed by atoms with van der Waals surface area (Å²) >= 11 is 0. The number of hydrogen-bond donors (Lipinski definition) is 1. The minimum atomic E-state index is 0.382. The molecule has 1 aromatic heterocycles. The number of pyridine rings is 1. The van der Waals surface area contributed by atoms with Gasteiger partial charge >= 0.3 is 0 Å². The zero-order chi connectivity index (χ0) is 14.0. The first-order chi connectivity index (χ1) is 9.88. The summed E-state index contributed by atoms with van der Waals surface area (Å²) in [6, 6.07) is 3.96. The molecule has 0 saturated carbocycles. The van der Waals surface area contributed by atoms with Crippen LogP contribution in [0, 0.1) is 0 Å². The van der Waals surface area contributed by atoms with Crippen molar-refractivity contribution >= 4 is 0 Å². The largest absolute Gasteiger partial charge is 0.492 e. The van der Waals surface area contributed by atoms with E-state index in [-0.39, 0.29) is 0 Å². The lowest BCUT2D eigenvalue weighted by molar-refractivity contribution is 0.0903. The third kappa shape index (κ3) is 5.45. The Kier molecular flexibility index (Phi) is 6.77. The summed E-state index contributed by atoms with van der Waals surface area (Å²) in [5, 5.41) is 3.26. The van der Waals surface area contributed by atoms with E-state index in [4.69, 9.17) is 14.2 Å². The van der Waals surface area contributed by atoms with Crippen LogP contribution in [0.4, 0.5) is 0 Å². The van der Waals surface area contributed by atoms with Crippen LogP contribution >= 0.6 is 0 Å². The van der Waals surface area contributed by atoms with E-state index in [0.29, 0.717) is 19.3 Å². The van der Waals surface area contributed by atoms with E-state index in [9.17, 15) is 0 Å². The highest BCUT2D eigenvalue weighted by Crippen LogP contribution is 2.16. The molecule has 1 N–H and O–H groups in total. The van der Waals surface area contributed by atoms with Crippen LogP contribution in [-0.4, -0.2) is 44.6 Å². The lowest BCUT2D eigenvalue weighted by Gasteiger charge is -2.10. The van der Waals surface area contributed by atoms with Crippen LogP contribution in [-0.2, 0) is 16.0 Å². The van der Waals surface area contributed by atoms with Crippen LogP contribution in [0.5, 0.6) is 5.75 Å². The average Bonchev–Trinajstić information content (AvgIpc) is 2.98. The van der Waals surface area contributed by atoms with Gasteiger partial charge in [-0.25, -0.2) is 0 Å². The molecular weight excluding hydrogens is 256 g/mol. The summed E-state index contributed by atoms with van der Waals surface area (Å²) in [6.45, 7) is 3.89. The van der Waals surface area contributed by atoms with E-state index >= 15 is 0 Å². The lowest BCUT2D eigenvalue weighted by atomic mass is 10.2. The minimum absolute atomic E-state index is 0.382. The first kappa shape index (κ1) is 15.2. The Morgan fingerprint density at radius 2 is 2.35 bits per heavy atom. The van der Waals surface area contributed by atoms with Gasteiger partial charge in [0.25, 0.3) is 0 Å². The summed E-state index contributed by atoms with van der Waals surface area (Å²) in [5.74, 6) is 0.823. The number of rotatable bonds is 9. The number of methoxy groups -OCH3 is 1. The number of aromatic nitrogens is 1. The molecule has 1 aliphatic heterocycles. The van der Waals surface area contributed by atoms with Crippen LogP contribution in [0.1, 0.15) is 25.0 Å². The van der Waals surface area contributed by atoms with Gasteiger partial charge in [0.2, 0.25) is 0 Å². The van der Waals surface area contributed by atoms with Crippen molar-refractivity contribution in [2.45, 2.75) is 31.9 Å². The zero-order valence-electron chi connectivity index (χ0n) is 12.1. The monoisotopic (exact) mass is 280 g/mol. The van der Waals surface area contributed by atoms with Crippen LogP contribution in [0.2, 0.25) is 0 Å². The molecule has 0 bridgehead atoms. The Morgan fingerprint density at radius 1 is 1.40 bits per heavy atom. The Morgan fingerprint density at radius 3 is 3.05 bits per heavy atom. The van der Waals surface area contributed by atoms with Crippen LogP contribution in [0.15, 0.2) is 18.3 Å². The van der Waals surface area contributed by atoms with Gasteiger partial charge in [0, 0.05) is 33.2 Å². The van der Waals surface area contributed by atoms with Gasteiger partial charge in [0.15, 0.2) is 0 Å². The van der Waals surface area contributed by atoms with Gasteiger partial charge in [-0.1, -0.05) is 0 Å². The summed E-state index contributed by atoms with van der Waals surface area (Å²) in [6.07, 6.45) is 5.46. The Labute approximate surface area is 120 Å². The summed E-state index contributed by atoms with van der Waals surface area (Å²) in [5.41, 5.74) is 1.01. The SMILES string of the molecule is COCCNCc1ccc(OCCC2CCCO2)cn1. The number of nitrogens with one attached hydrogen (secondary N) is 1. The predicted molar refractivity (Wildman–Crippen MR) is 76.9 cm³/mol. The second-order valence-corrected chi connectivity index (χ2v) is 4.93. The second-order valence-electron chi connectivity index (χ2n) is 4.93. The van der Waals surface area contributed by atoms with Crippen molar-refractivity contribution in [3.63, 3.8) is 0 Å². The van der Waals surface area contributed by atoms with Crippen LogP contribution in [0.25, 0.3) is 0 Å². The molecule has 2 heterocycles. The van der Waals surface area contributed by atoms with Gasteiger partial charge in [-0.15, -0.1) is 0 Å². The molecule has 20 heavy (non-hydrogen) atoms. The van der Waals surface area contributed by atoms with Crippen LogP contribution in [0.3, 0.4) is 0 Å². The van der Waals surface area contributed by atoms with Gasteiger partial charge in [-0.05, 0) is 25.0 Å². The maximum atomic E-state index is 5.68. The summed E-state index contributed by atoms with van der Waals surface area (Å²) < 4.78 is 16.2. The first-order valence-electron chi connectivity index (χ1n) is 7.27. The highest BCUT2D eigenvalue weighted by Gasteiger charge is 2.14. The van der Waals surface area contributed by atoms with E-state index in [0.717, 1.165) is 44.0 Å². The van der Waals surface area contributed by atoms with Gasteiger partial charge in [0.1, 0.15) is 5.75 Å². The topological polar surface area (TPSA) is 52.6 Å². The minimum Gasteiger partial charge on any atom is -0.492 e. The van der Waals surface area contributed by atoms with Gasteiger partial charge in [0.05, 0.1) is 31.2 Å². The quantitative estimate of drug-likeness (QED) is 0.699. The standard InChI is InChI=1S/C15H24N2O3/c1-18-10-7-16-11-13-4-5-15(12-17-13)20-9-6-14-3-2-8-19-14/h4-5,12,14,16H,2-3,6-11H2,1H3. The molecule has 112 valence electrons. The molecule has 0 aromatic carbocycles. The van der Waals surface area contributed by atoms with Gasteiger partial charge in [-0.2, -0.15) is 0 Å². The molecule has 0 aliphatic carbocycles.